The number of carbonyl (C=O) groups excluding carboxylic acids is 2. The van der Waals surface area contributed by atoms with Gasteiger partial charge >= 0.3 is 0 Å². The van der Waals surface area contributed by atoms with Gasteiger partial charge in [0.1, 0.15) is 6.17 Å². The van der Waals surface area contributed by atoms with Gasteiger partial charge in [0.25, 0.3) is 11.8 Å². The summed E-state index contributed by atoms with van der Waals surface area (Å²) in [6.45, 7) is 5.90. The number of ether oxygens (including phenoxy) is 1. The Hall–Kier alpha value is -2.86. The summed E-state index contributed by atoms with van der Waals surface area (Å²) in [7, 11) is 1.63. The number of anilines is 1. The summed E-state index contributed by atoms with van der Waals surface area (Å²) in [6, 6.07) is 15.0. The fourth-order valence-electron chi connectivity index (χ4n) is 3.40. The van der Waals surface area contributed by atoms with E-state index in [0.717, 1.165) is 17.7 Å². The van der Waals surface area contributed by atoms with Crippen molar-refractivity contribution in [3.63, 3.8) is 0 Å². The van der Waals surface area contributed by atoms with Crippen molar-refractivity contribution >= 4 is 17.5 Å². The van der Waals surface area contributed by atoms with Crippen molar-refractivity contribution in [2.45, 2.75) is 26.4 Å². The molecule has 1 atom stereocenters. The van der Waals surface area contributed by atoms with E-state index in [9.17, 15) is 9.59 Å². The van der Waals surface area contributed by atoms with Crippen LogP contribution >= 0.6 is 0 Å². The van der Waals surface area contributed by atoms with Crippen LogP contribution in [0.3, 0.4) is 0 Å². The third-order valence-corrected chi connectivity index (χ3v) is 5.05. The summed E-state index contributed by atoms with van der Waals surface area (Å²) in [5.74, 6) is 0.483. The molecule has 2 amide bonds. The van der Waals surface area contributed by atoms with Crippen LogP contribution in [0.1, 0.15) is 52.7 Å². The predicted octanol–water partition coefficient (Wildman–Crippen LogP) is 3.68. The van der Waals surface area contributed by atoms with E-state index >= 15 is 0 Å². The molecule has 29 heavy (non-hydrogen) atoms. The number of hydrogen-bond donors (Lipinski definition) is 2. The summed E-state index contributed by atoms with van der Waals surface area (Å²) in [6.07, 6.45) is 0.692. The summed E-state index contributed by atoms with van der Waals surface area (Å²) in [5.41, 5.74) is 3.13. The van der Waals surface area contributed by atoms with Crippen LogP contribution < -0.4 is 10.6 Å². The van der Waals surface area contributed by atoms with Crippen molar-refractivity contribution in [1.29, 1.82) is 0 Å². The monoisotopic (exact) mass is 395 g/mol. The van der Waals surface area contributed by atoms with Gasteiger partial charge in [0, 0.05) is 42.6 Å². The quantitative estimate of drug-likeness (QED) is 0.680. The molecule has 2 aromatic rings. The van der Waals surface area contributed by atoms with E-state index in [1.54, 1.807) is 24.1 Å². The van der Waals surface area contributed by atoms with E-state index in [1.807, 2.05) is 36.4 Å². The molecule has 0 aliphatic carbocycles. The van der Waals surface area contributed by atoms with Gasteiger partial charge in [-0.05, 0) is 42.7 Å². The number of rotatable bonds is 9. The predicted molar refractivity (Wildman–Crippen MR) is 114 cm³/mol. The van der Waals surface area contributed by atoms with Crippen LogP contribution in [0, 0.1) is 5.92 Å². The average Bonchev–Trinajstić information content (AvgIpc) is 2.98. The molecular formula is C23H29N3O3. The van der Waals surface area contributed by atoms with Crippen LogP contribution in [0.25, 0.3) is 0 Å². The highest BCUT2D eigenvalue weighted by molar-refractivity contribution is 5.99. The van der Waals surface area contributed by atoms with Gasteiger partial charge in [-0.3, -0.25) is 9.59 Å². The maximum absolute atomic E-state index is 12.8. The highest BCUT2D eigenvalue weighted by Crippen LogP contribution is 2.34. The van der Waals surface area contributed by atoms with E-state index in [0.29, 0.717) is 36.7 Å². The number of fused-ring (bicyclic) bond motifs is 1. The third-order valence-electron chi connectivity index (χ3n) is 5.05. The lowest BCUT2D eigenvalue weighted by Crippen LogP contribution is -2.35. The summed E-state index contributed by atoms with van der Waals surface area (Å²) in [5, 5.41) is 6.37. The van der Waals surface area contributed by atoms with Gasteiger partial charge in [0.05, 0.1) is 6.61 Å². The molecule has 3 rings (SSSR count). The van der Waals surface area contributed by atoms with Crippen molar-refractivity contribution in [2.75, 3.05) is 32.1 Å². The molecule has 0 bridgehead atoms. The molecule has 2 aromatic carbocycles. The second-order valence-electron chi connectivity index (χ2n) is 7.64. The Morgan fingerprint density at radius 1 is 1.14 bits per heavy atom. The summed E-state index contributed by atoms with van der Waals surface area (Å²) < 4.78 is 5.17. The average molecular weight is 396 g/mol. The molecule has 0 saturated heterocycles. The number of nitrogens with one attached hydrogen (secondary N) is 2. The highest BCUT2D eigenvalue weighted by Gasteiger charge is 2.36. The number of amides is 2. The number of nitrogens with zero attached hydrogens (tertiary/aromatic N) is 1. The lowest BCUT2D eigenvalue weighted by molar-refractivity contribution is 0.0674. The zero-order valence-electron chi connectivity index (χ0n) is 17.3. The van der Waals surface area contributed by atoms with Gasteiger partial charge in [0.2, 0.25) is 0 Å². The molecule has 1 heterocycles. The van der Waals surface area contributed by atoms with Gasteiger partial charge in [0.15, 0.2) is 0 Å². The lowest BCUT2D eigenvalue weighted by Gasteiger charge is -2.27. The maximum Gasteiger partial charge on any atom is 0.256 e. The Morgan fingerprint density at radius 2 is 1.86 bits per heavy atom. The van der Waals surface area contributed by atoms with Crippen molar-refractivity contribution in [3.8, 4) is 0 Å². The molecule has 0 spiro atoms. The highest BCUT2D eigenvalue weighted by atomic mass is 16.5. The molecule has 154 valence electrons. The third kappa shape index (κ3) is 4.95. The molecule has 6 nitrogen and oxygen atoms in total. The molecule has 1 aliphatic heterocycles. The van der Waals surface area contributed by atoms with E-state index in [4.69, 9.17) is 4.74 Å². The maximum atomic E-state index is 12.8. The Balaban J connectivity index is 1.71. The first-order valence-electron chi connectivity index (χ1n) is 10.0. The van der Waals surface area contributed by atoms with Crippen LogP contribution in [-0.2, 0) is 4.74 Å². The van der Waals surface area contributed by atoms with Crippen molar-refractivity contribution in [3.05, 3.63) is 65.2 Å². The smallest absolute Gasteiger partial charge is 0.256 e. The molecule has 0 unspecified atom stereocenters. The minimum Gasteiger partial charge on any atom is -0.383 e. The number of benzene rings is 2. The van der Waals surface area contributed by atoms with E-state index < -0.39 is 0 Å². The van der Waals surface area contributed by atoms with Gasteiger partial charge in [-0.15, -0.1) is 0 Å². The second kappa shape index (κ2) is 9.56. The second-order valence-corrected chi connectivity index (χ2v) is 7.64. The standard InChI is InChI=1S/C23H29N3O3/c1-16(2)12-13-24-22(27)17-8-10-18(11-9-17)25-21-19-6-4-5-7-20(19)23(28)26(21)14-15-29-3/h4-11,16,21,25H,12-15H2,1-3H3,(H,24,27)/t21-/m1/s1. The van der Waals surface area contributed by atoms with Crippen molar-refractivity contribution in [2.24, 2.45) is 5.92 Å². The van der Waals surface area contributed by atoms with Crippen molar-refractivity contribution in [1.82, 2.24) is 10.2 Å². The van der Waals surface area contributed by atoms with Gasteiger partial charge in [-0.1, -0.05) is 32.0 Å². The molecule has 2 N–H and O–H groups in total. The molecule has 0 saturated carbocycles. The Kier molecular flexibility index (Phi) is 6.88. The van der Waals surface area contributed by atoms with Gasteiger partial charge in [-0.2, -0.15) is 0 Å². The first-order valence-corrected chi connectivity index (χ1v) is 10.0. The van der Waals surface area contributed by atoms with Gasteiger partial charge in [-0.25, -0.2) is 0 Å². The minimum absolute atomic E-state index is 0.00343. The van der Waals surface area contributed by atoms with Crippen LogP contribution in [-0.4, -0.2) is 43.5 Å². The number of methoxy groups -OCH3 is 1. The van der Waals surface area contributed by atoms with Gasteiger partial charge < -0.3 is 20.3 Å². The Labute approximate surface area is 172 Å². The molecule has 0 fully saturated rings. The SMILES string of the molecule is COCCN1C(=O)c2ccccc2[C@@H]1Nc1ccc(C(=O)NCCC(C)C)cc1. The van der Waals surface area contributed by atoms with Crippen LogP contribution in [0.2, 0.25) is 0 Å². The van der Waals surface area contributed by atoms with Crippen LogP contribution in [0.4, 0.5) is 5.69 Å². The zero-order chi connectivity index (χ0) is 20.8. The topological polar surface area (TPSA) is 70.7 Å². The normalized spacial score (nSPS) is 15.5. The van der Waals surface area contributed by atoms with Crippen molar-refractivity contribution < 1.29 is 14.3 Å². The molecule has 6 heteroatoms. The summed E-state index contributed by atoms with van der Waals surface area (Å²) in [4.78, 5) is 26.8. The fraction of sp³-hybridized carbons (Fsp3) is 0.391. The minimum atomic E-state index is -0.264. The first kappa shape index (κ1) is 20.9. The van der Waals surface area contributed by atoms with E-state index in [1.165, 1.54) is 0 Å². The number of hydrogen-bond acceptors (Lipinski definition) is 4. The van der Waals surface area contributed by atoms with Crippen LogP contribution in [0.15, 0.2) is 48.5 Å². The zero-order valence-corrected chi connectivity index (χ0v) is 17.3. The molecule has 0 radical (unpaired) electrons. The van der Waals surface area contributed by atoms with E-state index in [-0.39, 0.29) is 18.0 Å². The molecule has 1 aliphatic rings. The molecular weight excluding hydrogens is 366 g/mol. The van der Waals surface area contributed by atoms with E-state index in [2.05, 4.69) is 24.5 Å². The number of carbonyl (C=O) groups is 2. The lowest BCUT2D eigenvalue weighted by atomic mass is 10.1. The molecule has 0 aromatic heterocycles. The fourth-order valence-corrected chi connectivity index (χ4v) is 3.40. The first-order chi connectivity index (χ1) is 14.0. The van der Waals surface area contributed by atoms with Crippen LogP contribution in [0.5, 0.6) is 0 Å². The Morgan fingerprint density at radius 3 is 2.55 bits per heavy atom. The summed E-state index contributed by atoms with van der Waals surface area (Å²) >= 11 is 0. The largest absolute Gasteiger partial charge is 0.383 e. The Bertz CT molecular complexity index is 849.